The molecule has 3 rings (SSSR count). The van der Waals surface area contributed by atoms with Crippen LogP contribution in [-0.2, 0) is 16.0 Å². The van der Waals surface area contributed by atoms with Crippen molar-refractivity contribution in [3.8, 4) is 0 Å². The highest BCUT2D eigenvalue weighted by atomic mass is 16.5. The van der Waals surface area contributed by atoms with Crippen LogP contribution >= 0.6 is 0 Å². The number of carbonyl (C=O) groups excluding carboxylic acids is 1. The number of ether oxygens (including phenoxy) is 1. The Morgan fingerprint density at radius 1 is 1.14 bits per heavy atom. The fraction of sp³-hybridized carbons (Fsp3) is 0.278. The summed E-state index contributed by atoms with van der Waals surface area (Å²) in [6, 6.07) is 18.1. The van der Waals surface area contributed by atoms with E-state index in [1.54, 1.807) is 0 Å². The van der Waals surface area contributed by atoms with Crippen LogP contribution in [0.5, 0.6) is 0 Å². The maximum atomic E-state index is 12.4. The van der Waals surface area contributed by atoms with Gasteiger partial charge in [-0.1, -0.05) is 48.5 Å². The predicted octanol–water partition coefficient (Wildman–Crippen LogP) is 3.58. The van der Waals surface area contributed by atoms with Crippen molar-refractivity contribution in [3.05, 3.63) is 65.7 Å². The summed E-state index contributed by atoms with van der Waals surface area (Å²) in [5, 5.41) is 3.52. The van der Waals surface area contributed by atoms with Crippen LogP contribution in [-0.4, -0.2) is 13.1 Å². The van der Waals surface area contributed by atoms with Gasteiger partial charge >= 0.3 is 5.97 Å². The Balaban J connectivity index is 2.09. The number of esters is 1. The molecule has 1 aliphatic heterocycles. The Labute approximate surface area is 124 Å². The number of hydrogen-bond acceptors (Lipinski definition) is 3. The molecule has 0 aliphatic carbocycles. The molecule has 0 radical (unpaired) electrons. The maximum Gasteiger partial charge on any atom is 0.314 e. The van der Waals surface area contributed by atoms with E-state index >= 15 is 0 Å². The molecule has 0 saturated carbocycles. The van der Waals surface area contributed by atoms with Gasteiger partial charge in [0.15, 0.2) is 0 Å². The van der Waals surface area contributed by atoms with Crippen LogP contribution in [0.2, 0.25) is 0 Å². The lowest BCUT2D eigenvalue weighted by atomic mass is 9.71. The van der Waals surface area contributed by atoms with Crippen molar-refractivity contribution >= 4 is 11.7 Å². The summed E-state index contributed by atoms with van der Waals surface area (Å²) >= 11 is 0. The van der Waals surface area contributed by atoms with E-state index < -0.39 is 5.41 Å². The summed E-state index contributed by atoms with van der Waals surface area (Å²) in [5.41, 5.74) is 2.72. The van der Waals surface area contributed by atoms with Gasteiger partial charge in [-0.2, -0.15) is 0 Å². The quantitative estimate of drug-likeness (QED) is 0.855. The van der Waals surface area contributed by atoms with Gasteiger partial charge in [0, 0.05) is 5.69 Å². The third-order valence-corrected chi connectivity index (χ3v) is 4.30. The molecule has 2 aromatic carbocycles. The highest BCUT2D eigenvalue weighted by molar-refractivity contribution is 5.80. The Morgan fingerprint density at radius 2 is 1.81 bits per heavy atom. The molecule has 21 heavy (non-hydrogen) atoms. The number of carbonyl (C=O) groups is 1. The number of nitrogens with one attached hydrogen (secondary N) is 1. The second-order valence-corrected chi connectivity index (χ2v) is 5.73. The van der Waals surface area contributed by atoms with Crippen molar-refractivity contribution in [2.75, 3.05) is 12.4 Å². The molecule has 1 heterocycles. The van der Waals surface area contributed by atoms with Gasteiger partial charge in [0.05, 0.1) is 18.6 Å². The molecule has 0 bridgehead atoms. The molecule has 2 aromatic rings. The summed E-state index contributed by atoms with van der Waals surface area (Å²) in [6.45, 7) is 1.97. The summed E-state index contributed by atoms with van der Waals surface area (Å²) in [6.07, 6.45) is 0.669. The molecule has 0 fully saturated rings. The first-order valence-electron chi connectivity index (χ1n) is 7.13. The summed E-state index contributed by atoms with van der Waals surface area (Å²) in [4.78, 5) is 12.4. The van der Waals surface area contributed by atoms with E-state index in [-0.39, 0.29) is 12.0 Å². The molecule has 3 nitrogen and oxygen atoms in total. The van der Waals surface area contributed by atoms with Crippen molar-refractivity contribution in [3.63, 3.8) is 0 Å². The van der Waals surface area contributed by atoms with E-state index in [2.05, 4.69) is 17.4 Å². The van der Waals surface area contributed by atoms with Gasteiger partial charge in [-0.15, -0.1) is 0 Å². The first-order chi connectivity index (χ1) is 10.1. The third-order valence-electron chi connectivity index (χ3n) is 4.30. The molecule has 0 saturated heterocycles. The third kappa shape index (κ3) is 2.29. The van der Waals surface area contributed by atoms with Crippen molar-refractivity contribution < 1.29 is 9.53 Å². The minimum absolute atomic E-state index is 0.0963. The highest BCUT2D eigenvalue weighted by Crippen LogP contribution is 2.45. The molecular formula is C18H19NO2. The number of benzene rings is 2. The van der Waals surface area contributed by atoms with Gasteiger partial charge in [0.2, 0.25) is 0 Å². The molecular weight excluding hydrogens is 262 g/mol. The first-order valence-corrected chi connectivity index (χ1v) is 7.13. The summed E-state index contributed by atoms with van der Waals surface area (Å²) < 4.78 is 5.08. The first kappa shape index (κ1) is 13.7. The van der Waals surface area contributed by atoms with E-state index in [9.17, 15) is 4.79 Å². The molecule has 1 N–H and O–H groups in total. The van der Waals surface area contributed by atoms with Crippen LogP contribution in [0, 0.1) is 5.41 Å². The summed E-state index contributed by atoms with van der Waals surface area (Å²) in [7, 11) is 1.45. The van der Waals surface area contributed by atoms with Crippen molar-refractivity contribution in [2.24, 2.45) is 5.41 Å². The van der Waals surface area contributed by atoms with E-state index in [1.165, 1.54) is 7.11 Å². The monoisotopic (exact) mass is 281 g/mol. The van der Waals surface area contributed by atoms with Crippen LogP contribution in [0.15, 0.2) is 54.6 Å². The van der Waals surface area contributed by atoms with Gasteiger partial charge in [-0.05, 0) is 30.5 Å². The zero-order valence-electron chi connectivity index (χ0n) is 12.3. The number of methoxy groups -OCH3 is 1. The number of hydrogen-bond donors (Lipinski definition) is 1. The Hall–Kier alpha value is -2.29. The number of fused-ring (bicyclic) bond motifs is 1. The fourth-order valence-electron chi connectivity index (χ4n) is 3.15. The number of anilines is 1. The molecule has 2 atom stereocenters. The smallest absolute Gasteiger partial charge is 0.314 e. The topological polar surface area (TPSA) is 38.3 Å². The minimum atomic E-state index is -0.621. The zero-order chi connectivity index (χ0) is 14.9. The Bertz CT molecular complexity index is 653. The zero-order valence-corrected chi connectivity index (χ0v) is 12.3. The largest absolute Gasteiger partial charge is 0.469 e. The van der Waals surface area contributed by atoms with Gasteiger partial charge in [0.1, 0.15) is 0 Å². The normalized spacial score (nSPS) is 23.8. The van der Waals surface area contributed by atoms with Crippen LogP contribution in [0.25, 0.3) is 0 Å². The molecule has 0 spiro atoms. The molecule has 3 heteroatoms. The molecule has 0 aromatic heterocycles. The second-order valence-electron chi connectivity index (χ2n) is 5.73. The van der Waals surface area contributed by atoms with E-state index in [0.717, 1.165) is 16.8 Å². The van der Waals surface area contributed by atoms with Gasteiger partial charge in [0.25, 0.3) is 0 Å². The van der Waals surface area contributed by atoms with Crippen molar-refractivity contribution in [2.45, 2.75) is 19.4 Å². The minimum Gasteiger partial charge on any atom is -0.469 e. The van der Waals surface area contributed by atoms with E-state index in [4.69, 9.17) is 4.74 Å². The maximum absolute atomic E-state index is 12.4. The van der Waals surface area contributed by atoms with Gasteiger partial charge < -0.3 is 10.1 Å². The molecule has 108 valence electrons. The predicted molar refractivity (Wildman–Crippen MR) is 83.1 cm³/mol. The van der Waals surface area contributed by atoms with Crippen LogP contribution in [0.4, 0.5) is 5.69 Å². The number of rotatable bonds is 2. The van der Waals surface area contributed by atoms with E-state index in [0.29, 0.717) is 6.42 Å². The average Bonchev–Trinajstić information content (AvgIpc) is 2.54. The van der Waals surface area contributed by atoms with Crippen LogP contribution in [0.1, 0.15) is 24.1 Å². The van der Waals surface area contributed by atoms with Gasteiger partial charge in [-0.25, -0.2) is 0 Å². The lowest BCUT2D eigenvalue weighted by Crippen LogP contribution is -2.44. The lowest BCUT2D eigenvalue weighted by molar-refractivity contribution is -0.153. The van der Waals surface area contributed by atoms with Crippen molar-refractivity contribution in [1.82, 2.24) is 0 Å². The fourth-order valence-corrected chi connectivity index (χ4v) is 3.15. The molecule has 0 amide bonds. The lowest BCUT2D eigenvalue weighted by Gasteiger charge is -2.41. The molecule has 0 unspecified atom stereocenters. The number of para-hydroxylation sites is 1. The average molecular weight is 281 g/mol. The van der Waals surface area contributed by atoms with Crippen LogP contribution < -0.4 is 5.32 Å². The van der Waals surface area contributed by atoms with Crippen LogP contribution in [0.3, 0.4) is 0 Å². The standard InChI is InChI=1S/C18H19NO2/c1-18(17(20)21-2)12-14-10-6-7-11-15(14)19-16(18)13-8-4-3-5-9-13/h3-11,16,19H,12H2,1-2H3/t16-,18-/m1/s1. The second kappa shape index (κ2) is 5.24. The summed E-state index contributed by atoms with van der Waals surface area (Å²) in [5.74, 6) is -0.182. The molecule has 1 aliphatic rings. The van der Waals surface area contributed by atoms with Crippen molar-refractivity contribution in [1.29, 1.82) is 0 Å². The Kier molecular flexibility index (Phi) is 3.42. The van der Waals surface area contributed by atoms with E-state index in [1.807, 2.05) is 49.4 Å². The highest BCUT2D eigenvalue weighted by Gasteiger charge is 2.46. The SMILES string of the molecule is COC(=O)[C@]1(C)Cc2ccccc2N[C@@H]1c1ccccc1. The van der Waals surface area contributed by atoms with Gasteiger partial charge in [-0.3, -0.25) is 4.79 Å². The Morgan fingerprint density at radius 3 is 2.52 bits per heavy atom.